The van der Waals surface area contributed by atoms with Crippen LogP contribution in [0.15, 0.2) is 35.1 Å². The molecule has 3 rings (SSSR count). The highest BCUT2D eigenvalue weighted by molar-refractivity contribution is 5.67. The summed E-state index contributed by atoms with van der Waals surface area (Å²) < 4.78 is 7.15. The molecule has 1 aliphatic heterocycles. The number of ether oxygens (including phenoxy) is 1. The molecule has 2 aromatic rings. The number of rotatable bonds is 9. The Morgan fingerprint density at radius 2 is 1.94 bits per heavy atom. The Morgan fingerprint density at radius 3 is 2.64 bits per heavy atom. The molecule has 7 heteroatoms. The van der Waals surface area contributed by atoms with E-state index in [-0.39, 0.29) is 11.6 Å². The van der Waals surface area contributed by atoms with Gasteiger partial charge in [0.15, 0.2) is 0 Å². The van der Waals surface area contributed by atoms with E-state index in [1.165, 1.54) is 0 Å². The molecule has 33 heavy (non-hydrogen) atoms. The number of hydrogen-bond donors (Lipinski definition) is 2. The Bertz CT molecular complexity index is 980. The zero-order chi connectivity index (χ0) is 23.8. The molecule has 1 aromatic carbocycles. The van der Waals surface area contributed by atoms with Gasteiger partial charge in [-0.15, -0.1) is 0 Å². The van der Waals surface area contributed by atoms with Crippen LogP contribution in [0.2, 0.25) is 0 Å². The molecule has 1 aromatic heterocycles. The van der Waals surface area contributed by atoms with Crippen LogP contribution < -0.4 is 16.2 Å². The second-order valence-electron chi connectivity index (χ2n) is 9.67. The summed E-state index contributed by atoms with van der Waals surface area (Å²) in [5, 5.41) is 6.36. The molecule has 0 spiro atoms. The summed E-state index contributed by atoms with van der Waals surface area (Å²) in [6.45, 7) is 9.64. The Morgan fingerprint density at radius 1 is 1.18 bits per heavy atom. The van der Waals surface area contributed by atoms with Gasteiger partial charge in [-0.25, -0.2) is 9.78 Å². The molecule has 2 N–H and O–H groups in total. The zero-order valence-electron chi connectivity index (χ0n) is 20.4. The number of carbonyl (C=O) groups is 1. The lowest BCUT2D eigenvalue weighted by atomic mass is 9.98. The van der Waals surface area contributed by atoms with E-state index >= 15 is 0 Å². The van der Waals surface area contributed by atoms with Gasteiger partial charge in [-0.1, -0.05) is 37.3 Å². The van der Waals surface area contributed by atoms with Gasteiger partial charge in [-0.2, -0.15) is 0 Å². The molecular weight excluding hydrogens is 416 g/mol. The van der Waals surface area contributed by atoms with Gasteiger partial charge in [0, 0.05) is 37.5 Å². The number of carbonyl (C=O) groups excluding carboxylic acids is 1. The van der Waals surface area contributed by atoms with Crippen molar-refractivity contribution < 1.29 is 9.53 Å². The second kappa shape index (κ2) is 11.5. The minimum absolute atomic E-state index is 0.00855. The molecule has 0 saturated heterocycles. The maximum absolute atomic E-state index is 13.5. The summed E-state index contributed by atoms with van der Waals surface area (Å²) in [5.41, 5.74) is 2.38. The number of aryl methyl sites for hydroxylation is 1. The Kier molecular flexibility index (Phi) is 8.67. The number of aromatic nitrogens is 2. The largest absolute Gasteiger partial charge is 0.444 e. The number of amides is 1. The number of benzene rings is 1. The molecule has 1 atom stereocenters. The average Bonchev–Trinajstić information content (AvgIpc) is 2.78. The highest BCUT2D eigenvalue weighted by Gasteiger charge is 2.23. The Hall–Kier alpha value is -2.67. The van der Waals surface area contributed by atoms with Crippen molar-refractivity contribution in [2.45, 2.75) is 84.4 Å². The normalized spacial score (nSPS) is 14.4. The standard InChI is InChI=1S/C26H38N4O3/c1-5-21(27-15-11-16-28-25(32)33-26(2,3)4)23-20(18-19-12-7-6-8-13-19)24(31)30-17-10-9-14-22(30)29-23/h6-8,12-13,21,27H,5,9-11,14-18H2,1-4H3,(H,28,32). The van der Waals surface area contributed by atoms with Gasteiger partial charge < -0.3 is 15.4 Å². The molecule has 180 valence electrons. The van der Waals surface area contributed by atoms with Crippen LogP contribution in [0.4, 0.5) is 4.79 Å². The second-order valence-corrected chi connectivity index (χ2v) is 9.67. The summed E-state index contributed by atoms with van der Waals surface area (Å²) in [7, 11) is 0. The minimum Gasteiger partial charge on any atom is -0.444 e. The van der Waals surface area contributed by atoms with Crippen molar-refractivity contribution in [1.82, 2.24) is 20.2 Å². The third-order valence-electron chi connectivity index (χ3n) is 5.78. The Balaban J connectivity index is 1.71. The lowest BCUT2D eigenvalue weighted by Crippen LogP contribution is -2.36. The van der Waals surface area contributed by atoms with Crippen LogP contribution in [0.1, 0.15) is 82.1 Å². The molecule has 1 amide bonds. The fourth-order valence-corrected chi connectivity index (χ4v) is 4.19. The third-order valence-corrected chi connectivity index (χ3v) is 5.78. The maximum Gasteiger partial charge on any atom is 0.407 e. The van der Waals surface area contributed by atoms with Crippen LogP contribution in [0, 0.1) is 0 Å². The quantitative estimate of drug-likeness (QED) is 0.557. The van der Waals surface area contributed by atoms with Crippen LogP contribution >= 0.6 is 0 Å². The van der Waals surface area contributed by atoms with Crippen LogP contribution in [-0.2, 0) is 24.1 Å². The van der Waals surface area contributed by atoms with Crippen molar-refractivity contribution in [1.29, 1.82) is 0 Å². The average molecular weight is 455 g/mol. The van der Waals surface area contributed by atoms with Crippen molar-refractivity contribution >= 4 is 6.09 Å². The molecule has 1 aliphatic rings. The monoisotopic (exact) mass is 454 g/mol. The topological polar surface area (TPSA) is 85.2 Å². The fourth-order valence-electron chi connectivity index (χ4n) is 4.19. The first-order valence-corrected chi connectivity index (χ1v) is 12.1. The van der Waals surface area contributed by atoms with Gasteiger partial charge >= 0.3 is 6.09 Å². The van der Waals surface area contributed by atoms with Crippen molar-refractivity contribution in [2.75, 3.05) is 13.1 Å². The van der Waals surface area contributed by atoms with Crippen LogP contribution in [0.25, 0.3) is 0 Å². The smallest absolute Gasteiger partial charge is 0.407 e. The number of fused-ring (bicyclic) bond motifs is 1. The van der Waals surface area contributed by atoms with Crippen molar-refractivity contribution in [3.8, 4) is 0 Å². The first kappa shape index (κ1) is 25.0. The maximum atomic E-state index is 13.5. The number of nitrogens with one attached hydrogen (secondary N) is 2. The summed E-state index contributed by atoms with van der Waals surface area (Å²) in [5.74, 6) is 0.907. The van der Waals surface area contributed by atoms with Gasteiger partial charge in [0.2, 0.25) is 0 Å². The molecule has 7 nitrogen and oxygen atoms in total. The van der Waals surface area contributed by atoms with E-state index in [9.17, 15) is 9.59 Å². The van der Waals surface area contributed by atoms with Crippen molar-refractivity contribution in [2.24, 2.45) is 0 Å². The summed E-state index contributed by atoms with van der Waals surface area (Å²) in [4.78, 5) is 30.3. The summed E-state index contributed by atoms with van der Waals surface area (Å²) >= 11 is 0. The zero-order valence-corrected chi connectivity index (χ0v) is 20.4. The van der Waals surface area contributed by atoms with Gasteiger partial charge in [0.25, 0.3) is 5.56 Å². The predicted octanol–water partition coefficient (Wildman–Crippen LogP) is 4.13. The highest BCUT2D eigenvalue weighted by atomic mass is 16.6. The number of nitrogens with zero attached hydrogens (tertiary/aromatic N) is 2. The lowest BCUT2D eigenvalue weighted by molar-refractivity contribution is 0.0527. The van der Waals surface area contributed by atoms with Gasteiger partial charge in [-0.3, -0.25) is 9.36 Å². The van der Waals surface area contributed by atoms with Crippen LogP contribution in [-0.4, -0.2) is 34.3 Å². The van der Waals surface area contributed by atoms with Crippen LogP contribution in [0.5, 0.6) is 0 Å². The minimum atomic E-state index is -0.503. The van der Waals surface area contributed by atoms with Crippen molar-refractivity contribution in [3.05, 3.63) is 63.3 Å². The van der Waals surface area contributed by atoms with E-state index in [4.69, 9.17) is 9.72 Å². The lowest BCUT2D eigenvalue weighted by Gasteiger charge is -2.25. The first-order chi connectivity index (χ1) is 15.8. The molecule has 0 radical (unpaired) electrons. The Labute approximate surface area is 197 Å². The van der Waals surface area contributed by atoms with Gasteiger partial charge in [0.1, 0.15) is 11.4 Å². The number of hydrogen-bond acceptors (Lipinski definition) is 5. The molecular formula is C26H38N4O3. The molecule has 0 aliphatic carbocycles. The van der Waals surface area contributed by atoms with E-state index in [1.54, 1.807) is 0 Å². The number of alkyl carbamates (subject to hydrolysis) is 1. The van der Waals surface area contributed by atoms with E-state index in [0.717, 1.165) is 61.3 Å². The summed E-state index contributed by atoms with van der Waals surface area (Å²) in [6, 6.07) is 10.1. The predicted molar refractivity (Wildman–Crippen MR) is 131 cm³/mol. The van der Waals surface area contributed by atoms with E-state index in [1.807, 2.05) is 43.5 Å². The third kappa shape index (κ3) is 7.16. The first-order valence-electron chi connectivity index (χ1n) is 12.1. The van der Waals surface area contributed by atoms with Crippen molar-refractivity contribution in [3.63, 3.8) is 0 Å². The molecule has 0 bridgehead atoms. The molecule has 2 heterocycles. The van der Waals surface area contributed by atoms with E-state index < -0.39 is 11.7 Å². The van der Waals surface area contributed by atoms with Crippen LogP contribution in [0.3, 0.4) is 0 Å². The summed E-state index contributed by atoms with van der Waals surface area (Å²) in [6.07, 6.45) is 4.72. The van der Waals surface area contributed by atoms with Gasteiger partial charge in [0.05, 0.1) is 5.69 Å². The van der Waals surface area contributed by atoms with Gasteiger partial charge in [-0.05, 0) is 58.6 Å². The molecule has 0 saturated carbocycles. The van der Waals surface area contributed by atoms with E-state index in [0.29, 0.717) is 19.5 Å². The molecule has 1 unspecified atom stereocenters. The molecule has 0 fully saturated rings. The SMILES string of the molecule is CCC(NCCCNC(=O)OC(C)(C)C)c1nc2n(c(=O)c1Cc1ccccc1)CCCC2. The fraction of sp³-hybridized carbons (Fsp3) is 0.577. The van der Waals surface area contributed by atoms with E-state index in [2.05, 4.69) is 29.7 Å². The highest BCUT2D eigenvalue weighted by Crippen LogP contribution is 2.22.